The summed E-state index contributed by atoms with van der Waals surface area (Å²) in [6.45, 7) is 3.70. The Morgan fingerprint density at radius 1 is 1.12 bits per heavy atom. The highest BCUT2D eigenvalue weighted by Crippen LogP contribution is 2.29. The van der Waals surface area contributed by atoms with E-state index in [-0.39, 0.29) is 0 Å². The Balaban J connectivity index is 1.41. The van der Waals surface area contributed by atoms with Crippen molar-refractivity contribution >= 4 is 28.6 Å². The second-order valence-corrected chi connectivity index (χ2v) is 8.00. The van der Waals surface area contributed by atoms with Crippen molar-refractivity contribution in [1.29, 1.82) is 0 Å². The summed E-state index contributed by atoms with van der Waals surface area (Å²) in [6.07, 6.45) is 3.67. The first-order valence-corrected chi connectivity index (χ1v) is 10.3. The van der Waals surface area contributed by atoms with Crippen LogP contribution in [0.1, 0.15) is 15.6 Å². The van der Waals surface area contributed by atoms with E-state index in [1.165, 1.54) is 9.75 Å². The molecule has 136 valence electrons. The van der Waals surface area contributed by atoms with Gasteiger partial charge in [0.1, 0.15) is 0 Å². The fourth-order valence-corrected chi connectivity index (χ4v) is 4.16. The summed E-state index contributed by atoms with van der Waals surface area (Å²) < 4.78 is 0. The van der Waals surface area contributed by atoms with E-state index in [1.54, 1.807) is 18.4 Å². The predicted octanol–water partition coefficient (Wildman–Crippen LogP) is 3.53. The van der Waals surface area contributed by atoms with Gasteiger partial charge in [-0.1, -0.05) is 6.07 Å². The maximum atomic E-state index is 4.55. The number of rotatable bonds is 7. The summed E-state index contributed by atoms with van der Waals surface area (Å²) >= 11 is 3.50. The monoisotopic (exact) mass is 385 g/mol. The maximum Gasteiger partial charge on any atom is 0.191 e. The van der Waals surface area contributed by atoms with Crippen molar-refractivity contribution in [1.82, 2.24) is 20.6 Å². The molecule has 0 atom stereocenters. The highest BCUT2D eigenvalue weighted by atomic mass is 32.1. The molecule has 3 heterocycles. The number of hydrogen-bond donors (Lipinski definition) is 2. The lowest BCUT2D eigenvalue weighted by Crippen LogP contribution is -2.39. The molecule has 0 aliphatic carbocycles. The van der Waals surface area contributed by atoms with E-state index in [0.29, 0.717) is 0 Å². The van der Waals surface area contributed by atoms with Gasteiger partial charge < -0.3 is 10.6 Å². The second-order valence-electron chi connectivity index (χ2n) is 5.76. The number of nitrogens with one attached hydrogen (secondary N) is 2. The minimum atomic E-state index is 0.809. The number of aliphatic imine (C=N–C) groups is 1. The van der Waals surface area contributed by atoms with Crippen LogP contribution in [0, 0.1) is 6.92 Å². The van der Waals surface area contributed by atoms with Crippen LogP contribution in [0.2, 0.25) is 0 Å². The largest absolute Gasteiger partial charge is 0.356 e. The molecule has 0 saturated heterocycles. The number of aryl methyl sites for hydroxylation is 1. The van der Waals surface area contributed by atoms with Gasteiger partial charge in [-0.2, -0.15) is 0 Å². The standard InChI is InChI=1S/C19H23N5S2/c1-14-24-17(13-25-14)18-7-6-16(26-18)9-12-23-19(20-2)22-11-8-15-5-3-4-10-21-15/h3-7,10,13H,8-9,11-12H2,1-2H3,(H2,20,22,23). The van der Waals surface area contributed by atoms with Crippen molar-refractivity contribution in [3.05, 3.63) is 57.5 Å². The van der Waals surface area contributed by atoms with Crippen molar-refractivity contribution in [2.24, 2.45) is 4.99 Å². The molecule has 0 fully saturated rings. The van der Waals surface area contributed by atoms with Crippen LogP contribution in [0.5, 0.6) is 0 Å². The van der Waals surface area contributed by atoms with Crippen LogP contribution in [-0.4, -0.2) is 36.1 Å². The van der Waals surface area contributed by atoms with Gasteiger partial charge in [-0.05, 0) is 37.6 Å². The molecule has 0 amide bonds. The molecule has 0 spiro atoms. The quantitative estimate of drug-likeness (QED) is 0.482. The summed E-state index contributed by atoms with van der Waals surface area (Å²) in [6, 6.07) is 10.3. The number of aromatic nitrogens is 2. The van der Waals surface area contributed by atoms with Crippen molar-refractivity contribution in [3.8, 4) is 10.6 Å². The summed E-state index contributed by atoms with van der Waals surface area (Å²) in [4.78, 5) is 15.7. The lowest BCUT2D eigenvalue weighted by atomic mass is 10.3. The molecule has 0 radical (unpaired) electrons. The average Bonchev–Trinajstić information content (AvgIpc) is 3.30. The SMILES string of the molecule is CN=C(NCCc1ccccn1)NCCc1ccc(-c2csc(C)n2)s1. The van der Waals surface area contributed by atoms with E-state index in [4.69, 9.17) is 0 Å². The Bertz CT molecular complexity index is 839. The number of hydrogen-bond acceptors (Lipinski definition) is 5. The molecule has 0 aliphatic rings. The number of thiazole rings is 1. The maximum absolute atomic E-state index is 4.55. The van der Waals surface area contributed by atoms with E-state index in [2.05, 4.69) is 43.1 Å². The molecule has 5 nitrogen and oxygen atoms in total. The lowest BCUT2D eigenvalue weighted by molar-refractivity contribution is 0.779. The van der Waals surface area contributed by atoms with Gasteiger partial charge >= 0.3 is 0 Å². The van der Waals surface area contributed by atoms with Gasteiger partial charge in [0.05, 0.1) is 15.6 Å². The number of guanidine groups is 1. The fraction of sp³-hybridized carbons (Fsp3) is 0.316. The minimum Gasteiger partial charge on any atom is -0.356 e. The third-order valence-corrected chi connectivity index (χ3v) is 5.76. The second kappa shape index (κ2) is 9.45. The first-order valence-electron chi connectivity index (χ1n) is 8.60. The van der Waals surface area contributed by atoms with Gasteiger partial charge in [0, 0.05) is 48.7 Å². The van der Waals surface area contributed by atoms with E-state index < -0.39 is 0 Å². The molecule has 0 bridgehead atoms. The van der Waals surface area contributed by atoms with Gasteiger partial charge in [-0.25, -0.2) is 4.98 Å². The molecule has 0 saturated carbocycles. The summed E-state index contributed by atoms with van der Waals surface area (Å²) in [5.41, 5.74) is 2.17. The Morgan fingerprint density at radius 3 is 2.65 bits per heavy atom. The topological polar surface area (TPSA) is 62.2 Å². The molecule has 7 heteroatoms. The molecular formula is C19H23N5S2. The first kappa shape index (κ1) is 18.5. The zero-order chi connectivity index (χ0) is 18.2. The van der Waals surface area contributed by atoms with Gasteiger partial charge in [-0.15, -0.1) is 22.7 Å². The van der Waals surface area contributed by atoms with Crippen molar-refractivity contribution in [2.45, 2.75) is 19.8 Å². The number of nitrogens with zero attached hydrogens (tertiary/aromatic N) is 3. The van der Waals surface area contributed by atoms with Crippen LogP contribution in [-0.2, 0) is 12.8 Å². The summed E-state index contributed by atoms with van der Waals surface area (Å²) in [7, 11) is 1.80. The van der Waals surface area contributed by atoms with Crippen LogP contribution in [0.4, 0.5) is 0 Å². The Kier molecular flexibility index (Phi) is 6.74. The Morgan fingerprint density at radius 2 is 1.96 bits per heavy atom. The normalized spacial score (nSPS) is 11.5. The van der Waals surface area contributed by atoms with Crippen LogP contribution >= 0.6 is 22.7 Å². The third kappa shape index (κ3) is 5.37. The van der Waals surface area contributed by atoms with E-state index in [1.807, 2.05) is 42.7 Å². The van der Waals surface area contributed by atoms with Crippen LogP contribution < -0.4 is 10.6 Å². The third-order valence-electron chi connectivity index (χ3n) is 3.82. The molecule has 3 rings (SSSR count). The van der Waals surface area contributed by atoms with Crippen LogP contribution in [0.15, 0.2) is 46.9 Å². The molecule has 0 aromatic carbocycles. The highest BCUT2D eigenvalue weighted by molar-refractivity contribution is 7.16. The number of pyridine rings is 1. The van der Waals surface area contributed by atoms with Gasteiger partial charge in [0.15, 0.2) is 5.96 Å². The van der Waals surface area contributed by atoms with Crippen molar-refractivity contribution in [3.63, 3.8) is 0 Å². The van der Waals surface area contributed by atoms with Crippen LogP contribution in [0.3, 0.4) is 0 Å². The zero-order valence-electron chi connectivity index (χ0n) is 15.0. The Labute approximate surface area is 162 Å². The summed E-state index contributed by atoms with van der Waals surface area (Å²) in [5, 5.41) is 9.93. The smallest absolute Gasteiger partial charge is 0.191 e. The highest BCUT2D eigenvalue weighted by Gasteiger charge is 2.06. The van der Waals surface area contributed by atoms with Crippen LogP contribution in [0.25, 0.3) is 10.6 Å². The number of thiophene rings is 1. The average molecular weight is 386 g/mol. The predicted molar refractivity (Wildman–Crippen MR) is 111 cm³/mol. The van der Waals surface area contributed by atoms with Gasteiger partial charge in [0.2, 0.25) is 0 Å². The van der Waals surface area contributed by atoms with Gasteiger partial charge in [0.25, 0.3) is 0 Å². The fourth-order valence-electron chi connectivity index (χ4n) is 2.51. The molecule has 0 aliphatic heterocycles. The molecule has 0 unspecified atom stereocenters. The molecule has 26 heavy (non-hydrogen) atoms. The van der Waals surface area contributed by atoms with E-state index in [0.717, 1.165) is 48.3 Å². The van der Waals surface area contributed by atoms with E-state index in [9.17, 15) is 0 Å². The molecule has 3 aromatic rings. The van der Waals surface area contributed by atoms with E-state index >= 15 is 0 Å². The van der Waals surface area contributed by atoms with Gasteiger partial charge in [-0.3, -0.25) is 9.98 Å². The lowest BCUT2D eigenvalue weighted by Gasteiger charge is -2.11. The van der Waals surface area contributed by atoms with Crippen molar-refractivity contribution < 1.29 is 0 Å². The molecular weight excluding hydrogens is 362 g/mol. The molecule has 3 aromatic heterocycles. The summed E-state index contributed by atoms with van der Waals surface area (Å²) in [5.74, 6) is 0.827. The van der Waals surface area contributed by atoms with Crippen molar-refractivity contribution in [2.75, 3.05) is 20.1 Å². The zero-order valence-corrected chi connectivity index (χ0v) is 16.7. The minimum absolute atomic E-state index is 0.809. The molecule has 2 N–H and O–H groups in total. The first-order chi connectivity index (χ1) is 12.7. The Hall–Kier alpha value is -2.25.